The second kappa shape index (κ2) is 9.75. The van der Waals surface area contributed by atoms with Crippen molar-refractivity contribution in [2.45, 2.75) is 43.0 Å². The minimum atomic E-state index is -4.41. The van der Waals surface area contributed by atoms with Gasteiger partial charge in [-0.1, -0.05) is 30.3 Å². The molecule has 0 amide bonds. The third-order valence-corrected chi connectivity index (χ3v) is 8.30. The first-order valence-corrected chi connectivity index (χ1v) is 13.2. The summed E-state index contributed by atoms with van der Waals surface area (Å²) in [6.45, 7) is 0.234. The molecule has 37 heavy (non-hydrogen) atoms. The van der Waals surface area contributed by atoms with Gasteiger partial charge in [0, 0.05) is 36.3 Å². The van der Waals surface area contributed by atoms with E-state index in [-0.39, 0.29) is 30.3 Å². The molecular formula is C27H23F3N2O4S. The monoisotopic (exact) mass is 528 g/mol. The smallest absolute Gasteiger partial charge is 0.416 e. The van der Waals surface area contributed by atoms with E-state index in [2.05, 4.69) is 4.98 Å². The number of rotatable bonds is 7. The highest BCUT2D eigenvalue weighted by Gasteiger charge is 2.40. The molecule has 2 aromatic carbocycles. The Bertz CT molecular complexity index is 1510. The molecule has 2 aromatic heterocycles. The normalized spacial score (nSPS) is 16.9. The van der Waals surface area contributed by atoms with Crippen molar-refractivity contribution in [3.63, 3.8) is 0 Å². The van der Waals surface area contributed by atoms with E-state index in [9.17, 15) is 26.4 Å². The van der Waals surface area contributed by atoms with Crippen molar-refractivity contribution in [1.29, 1.82) is 0 Å². The highest BCUT2D eigenvalue weighted by molar-refractivity contribution is 7.89. The van der Waals surface area contributed by atoms with Crippen molar-refractivity contribution in [3.05, 3.63) is 84.2 Å². The fourth-order valence-electron chi connectivity index (χ4n) is 4.61. The highest BCUT2D eigenvalue weighted by Crippen LogP contribution is 2.32. The van der Waals surface area contributed by atoms with Crippen LogP contribution in [0.2, 0.25) is 0 Å². The van der Waals surface area contributed by atoms with Crippen LogP contribution in [0.4, 0.5) is 13.2 Å². The molecule has 1 saturated heterocycles. The molecule has 1 aliphatic heterocycles. The maximum atomic E-state index is 13.3. The molecule has 4 aromatic rings. The van der Waals surface area contributed by atoms with E-state index in [1.165, 1.54) is 22.5 Å². The number of para-hydroxylation sites is 1. The number of benzene rings is 2. The van der Waals surface area contributed by atoms with Crippen molar-refractivity contribution >= 4 is 26.8 Å². The van der Waals surface area contributed by atoms with E-state index in [4.69, 9.17) is 4.42 Å². The van der Waals surface area contributed by atoms with Crippen LogP contribution >= 0.6 is 0 Å². The molecule has 0 unspecified atom stereocenters. The Balaban J connectivity index is 1.28. The molecular weight excluding hydrogens is 505 g/mol. The predicted octanol–water partition coefficient (Wildman–Crippen LogP) is 5.87. The minimum absolute atomic E-state index is 0.0836. The Morgan fingerprint density at radius 1 is 1.03 bits per heavy atom. The van der Waals surface area contributed by atoms with Crippen molar-refractivity contribution < 1.29 is 30.8 Å². The summed E-state index contributed by atoms with van der Waals surface area (Å²) in [5.74, 6) is -0.209. The van der Waals surface area contributed by atoms with Crippen LogP contribution < -0.4 is 0 Å². The summed E-state index contributed by atoms with van der Waals surface area (Å²) in [6.07, 6.45) is -1.51. The number of aromatic nitrogens is 1. The van der Waals surface area contributed by atoms with Crippen molar-refractivity contribution in [2.75, 3.05) is 6.54 Å². The molecule has 0 radical (unpaired) electrons. The van der Waals surface area contributed by atoms with Gasteiger partial charge in [0.15, 0.2) is 5.78 Å². The lowest BCUT2D eigenvalue weighted by atomic mass is 10.0. The second-order valence-electron chi connectivity index (χ2n) is 8.95. The highest BCUT2D eigenvalue weighted by atomic mass is 32.2. The summed E-state index contributed by atoms with van der Waals surface area (Å²) in [5.41, 5.74) is 1.61. The third kappa shape index (κ3) is 5.17. The van der Waals surface area contributed by atoms with E-state index in [0.717, 1.165) is 12.1 Å². The van der Waals surface area contributed by atoms with E-state index < -0.39 is 27.8 Å². The van der Waals surface area contributed by atoms with Crippen LogP contribution in [-0.4, -0.2) is 36.1 Å². The first kappa shape index (κ1) is 25.2. The molecule has 6 nitrogen and oxygen atoms in total. The van der Waals surface area contributed by atoms with Gasteiger partial charge in [0.05, 0.1) is 11.6 Å². The molecule has 0 saturated carbocycles. The summed E-state index contributed by atoms with van der Waals surface area (Å²) in [6, 6.07) is 15.9. The van der Waals surface area contributed by atoms with Gasteiger partial charge in [0.25, 0.3) is 10.0 Å². The lowest BCUT2D eigenvalue weighted by Gasteiger charge is -2.21. The number of hydrogen-bond donors (Lipinski definition) is 0. The number of pyridine rings is 1. The molecule has 0 bridgehead atoms. The first-order valence-electron chi connectivity index (χ1n) is 11.8. The van der Waals surface area contributed by atoms with Gasteiger partial charge in [-0.15, -0.1) is 0 Å². The van der Waals surface area contributed by atoms with Gasteiger partial charge < -0.3 is 4.42 Å². The summed E-state index contributed by atoms with van der Waals surface area (Å²) < 4.78 is 71.9. The van der Waals surface area contributed by atoms with Crippen LogP contribution in [-0.2, 0) is 27.4 Å². The van der Waals surface area contributed by atoms with Crippen molar-refractivity contribution in [1.82, 2.24) is 9.29 Å². The van der Waals surface area contributed by atoms with E-state index in [0.29, 0.717) is 40.6 Å². The van der Waals surface area contributed by atoms with Gasteiger partial charge in [-0.3, -0.25) is 9.78 Å². The lowest BCUT2D eigenvalue weighted by molar-refractivity contribution is -0.137. The second-order valence-corrected chi connectivity index (χ2v) is 10.8. The fraction of sp³-hybridized carbons (Fsp3) is 0.259. The van der Waals surface area contributed by atoms with Gasteiger partial charge in [0.2, 0.25) is 5.09 Å². The Labute approximate surface area is 211 Å². The van der Waals surface area contributed by atoms with E-state index in [1.54, 1.807) is 42.6 Å². The molecule has 10 heteroatoms. The van der Waals surface area contributed by atoms with Crippen LogP contribution in [0.3, 0.4) is 0 Å². The van der Waals surface area contributed by atoms with Gasteiger partial charge in [0.1, 0.15) is 5.58 Å². The number of sulfonamides is 1. The molecule has 1 aliphatic rings. The molecule has 1 atom stereocenters. The summed E-state index contributed by atoms with van der Waals surface area (Å²) in [7, 11) is -3.98. The number of hydrogen-bond acceptors (Lipinski definition) is 5. The standard InChI is InChI=1S/C27H23F3N2O4S/c28-27(29,30)21-9-7-18(8-10-21)19-13-14-31-22(16-19)11-12-24(33)23-5-3-15-32(23)37(34,35)26-17-20-4-1-2-6-25(20)36-26/h1-2,4,6-10,13-14,16-17,23H,3,5,11-12,15H2/t23-/m0/s1. The number of carbonyl (C=O) groups is 1. The van der Waals surface area contributed by atoms with Crippen LogP contribution in [0.15, 0.2) is 82.4 Å². The number of fused-ring (bicyclic) bond motifs is 1. The van der Waals surface area contributed by atoms with E-state index >= 15 is 0 Å². The maximum Gasteiger partial charge on any atom is 0.416 e. The average Bonchev–Trinajstić information content (AvgIpc) is 3.55. The minimum Gasteiger partial charge on any atom is -0.443 e. The first-order chi connectivity index (χ1) is 17.6. The molecule has 1 fully saturated rings. The molecule has 0 spiro atoms. The number of furan rings is 1. The fourth-order valence-corrected chi connectivity index (χ4v) is 6.24. The number of aryl methyl sites for hydroxylation is 1. The van der Waals surface area contributed by atoms with Crippen LogP contribution in [0.5, 0.6) is 0 Å². The number of alkyl halides is 3. The maximum absolute atomic E-state index is 13.3. The van der Waals surface area contributed by atoms with Gasteiger partial charge in [-0.25, -0.2) is 8.42 Å². The Morgan fingerprint density at radius 2 is 1.78 bits per heavy atom. The molecule has 3 heterocycles. The zero-order valence-electron chi connectivity index (χ0n) is 19.6. The lowest BCUT2D eigenvalue weighted by Crippen LogP contribution is -2.40. The topological polar surface area (TPSA) is 80.5 Å². The number of halogens is 3. The number of ketones is 1. The summed E-state index contributed by atoms with van der Waals surface area (Å²) >= 11 is 0. The third-order valence-electron chi connectivity index (χ3n) is 6.53. The van der Waals surface area contributed by atoms with Gasteiger partial charge in [-0.05, 0) is 60.7 Å². The number of Topliss-reactive ketones (excluding diaryl/α,β-unsaturated/α-hetero) is 1. The van der Waals surface area contributed by atoms with Gasteiger partial charge in [-0.2, -0.15) is 17.5 Å². The van der Waals surface area contributed by atoms with Crippen molar-refractivity contribution in [3.8, 4) is 11.1 Å². The Morgan fingerprint density at radius 3 is 2.51 bits per heavy atom. The molecule has 5 rings (SSSR count). The summed E-state index contributed by atoms with van der Waals surface area (Å²) in [4.78, 5) is 17.4. The van der Waals surface area contributed by atoms with Crippen LogP contribution in [0, 0.1) is 0 Å². The quantitative estimate of drug-likeness (QED) is 0.300. The zero-order chi connectivity index (χ0) is 26.2. The van der Waals surface area contributed by atoms with E-state index in [1.807, 2.05) is 0 Å². The van der Waals surface area contributed by atoms with Crippen molar-refractivity contribution in [2.24, 2.45) is 0 Å². The zero-order valence-corrected chi connectivity index (χ0v) is 20.4. The van der Waals surface area contributed by atoms with Gasteiger partial charge >= 0.3 is 6.18 Å². The van der Waals surface area contributed by atoms with Crippen LogP contribution in [0.25, 0.3) is 22.1 Å². The molecule has 192 valence electrons. The SMILES string of the molecule is O=C(CCc1cc(-c2ccc(C(F)(F)F)cc2)ccn1)[C@@H]1CCCN1S(=O)(=O)c1cc2ccccc2o1. The average molecular weight is 529 g/mol. The van der Waals surface area contributed by atoms with Crippen LogP contribution in [0.1, 0.15) is 30.5 Å². The number of nitrogens with zero attached hydrogens (tertiary/aromatic N) is 2. The molecule has 0 N–H and O–H groups in total. The molecule has 0 aliphatic carbocycles. The Kier molecular flexibility index (Phi) is 6.63. The Hall–Kier alpha value is -3.50. The summed E-state index contributed by atoms with van der Waals surface area (Å²) in [5, 5.41) is 0.487. The predicted molar refractivity (Wildman–Crippen MR) is 131 cm³/mol. The number of carbonyl (C=O) groups excluding carboxylic acids is 1. The largest absolute Gasteiger partial charge is 0.443 e.